The van der Waals surface area contributed by atoms with Crippen LogP contribution < -0.4 is 4.31 Å². The van der Waals surface area contributed by atoms with E-state index in [-0.39, 0.29) is 6.04 Å². The molecule has 1 atom stereocenters. The molecule has 0 amide bonds. The quantitative estimate of drug-likeness (QED) is 0.726. The summed E-state index contributed by atoms with van der Waals surface area (Å²) in [5.41, 5.74) is 1.62. The minimum atomic E-state index is -3.58. The molecule has 0 aliphatic heterocycles. The average Bonchev–Trinajstić information content (AvgIpc) is 2.48. The second-order valence-electron chi connectivity index (χ2n) is 4.90. The highest BCUT2D eigenvalue weighted by atomic mass is 32.2. The molecule has 0 bridgehead atoms. The van der Waals surface area contributed by atoms with E-state index >= 15 is 0 Å². The third-order valence-corrected chi connectivity index (χ3v) is 5.45. The van der Waals surface area contributed by atoms with Gasteiger partial charge in [0.2, 0.25) is 0 Å². The van der Waals surface area contributed by atoms with Crippen molar-refractivity contribution in [3.05, 3.63) is 54.6 Å². The van der Waals surface area contributed by atoms with Crippen molar-refractivity contribution in [1.29, 1.82) is 0 Å². The van der Waals surface area contributed by atoms with Crippen LogP contribution in [0.25, 0.3) is 0 Å². The summed E-state index contributed by atoms with van der Waals surface area (Å²) in [6, 6.07) is 8.87. The predicted molar refractivity (Wildman–Crippen MR) is 89.6 cm³/mol. The maximum Gasteiger partial charge on any atom is 0.304 e. The van der Waals surface area contributed by atoms with Gasteiger partial charge in [0.05, 0.1) is 5.69 Å². The summed E-state index contributed by atoms with van der Waals surface area (Å²) >= 11 is 0. The Balaban J connectivity index is 3.11. The van der Waals surface area contributed by atoms with Gasteiger partial charge in [0, 0.05) is 20.1 Å². The van der Waals surface area contributed by atoms with Crippen molar-refractivity contribution >= 4 is 15.9 Å². The maximum atomic E-state index is 12.7. The zero-order valence-corrected chi connectivity index (χ0v) is 14.0. The molecule has 0 heterocycles. The van der Waals surface area contributed by atoms with Gasteiger partial charge in [-0.1, -0.05) is 49.4 Å². The summed E-state index contributed by atoms with van der Waals surface area (Å²) in [7, 11) is -0.391. The Bertz CT molecular complexity index is 594. The molecule has 0 saturated heterocycles. The number of nitrogens with zero attached hydrogens (tertiary/aromatic N) is 2. The van der Waals surface area contributed by atoms with Crippen LogP contribution in [0.5, 0.6) is 0 Å². The second kappa shape index (κ2) is 7.43. The molecule has 0 aromatic heterocycles. The standard InChI is InChI=1S/C16H24N2O2S/c1-6-11-14(3)16(7-2)18(5)21(19,20)17(4)15-12-9-8-10-13-15/h6,8-13,16H,1,7H2,2-5H3/b14-11+. The first kappa shape index (κ1) is 17.5. The van der Waals surface area contributed by atoms with Gasteiger partial charge in [0.25, 0.3) is 0 Å². The zero-order chi connectivity index (χ0) is 16.0. The average molecular weight is 308 g/mol. The van der Waals surface area contributed by atoms with E-state index < -0.39 is 10.2 Å². The second-order valence-corrected chi connectivity index (χ2v) is 6.92. The number of hydrogen-bond donors (Lipinski definition) is 0. The Kier molecular flexibility index (Phi) is 6.18. The van der Waals surface area contributed by atoms with Crippen molar-refractivity contribution < 1.29 is 8.42 Å². The van der Waals surface area contributed by atoms with Gasteiger partial charge in [0.15, 0.2) is 0 Å². The van der Waals surface area contributed by atoms with Gasteiger partial charge >= 0.3 is 10.2 Å². The van der Waals surface area contributed by atoms with Gasteiger partial charge in [-0.3, -0.25) is 4.31 Å². The lowest BCUT2D eigenvalue weighted by molar-refractivity contribution is 0.394. The van der Waals surface area contributed by atoms with Crippen LogP contribution in [-0.2, 0) is 10.2 Å². The van der Waals surface area contributed by atoms with E-state index in [0.717, 1.165) is 5.57 Å². The highest BCUT2D eigenvalue weighted by molar-refractivity contribution is 7.90. The largest absolute Gasteiger partial charge is 0.304 e. The monoisotopic (exact) mass is 308 g/mol. The maximum absolute atomic E-state index is 12.7. The molecule has 0 radical (unpaired) electrons. The molecule has 0 saturated carbocycles. The van der Waals surface area contributed by atoms with Crippen molar-refractivity contribution in [2.75, 3.05) is 18.4 Å². The summed E-state index contributed by atoms with van der Waals surface area (Å²) in [6.45, 7) is 7.56. The zero-order valence-electron chi connectivity index (χ0n) is 13.2. The number of likely N-dealkylation sites (N-methyl/N-ethyl adjacent to an activating group) is 1. The van der Waals surface area contributed by atoms with E-state index in [0.29, 0.717) is 12.1 Å². The molecule has 116 valence electrons. The molecular formula is C16H24N2O2S. The summed E-state index contributed by atoms with van der Waals surface area (Å²) in [5, 5.41) is 0. The minimum absolute atomic E-state index is 0.181. The lowest BCUT2D eigenvalue weighted by Crippen LogP contribution is -2.45. The number of allylic oxidation sites excluding steroid dienone is 2. The molecule has 5 heteroatoms. The topological polar surface area (TPSA) is 40.6 Å². The highest BCUT2D eigenvalue weighted by Crippen LogP contribution is 2.22. The normalized spacial score (nSPS) is 14.0. The van der Waals surface area contributed by atoms with E-state index in [4.69, 9.17) is 0 Å². The first-order valence-electron chi connectivity index (χ1n) is 6.92. The van der Waals surface area contributed by atoms with E-state index in [1.165, 1.54) is 8.61 Å². The fourth-order valence-corrected chi connectivity index (χ4v) is 3.70. The third kappa shape index (κ3) is 3.95. The SMILES string of the molecule is C=C/C=C(\C)C(CC)N(C)S(=O)(=O)N(C)c1ccccc1. The molecule has 0 spiro atoms. The molecule has 1 aromatic carbocycles. The van der Waals surface area contributed by atoms with E-state index in [1.54, 1.807) is 32.3 Å². The number of para-hydroxylation sites is 1. The van der Waals surface area contributed by atoms with Crippen LogP contribution in [0.4, 0.5) is 5.69 Å². The molecule has 4 nitrogen and oxygen atoms in total. The molecule has 0 N–H and O–H groups in total. The van der Waals surface area contributed by atoms with Gasteiger partial charge in [-0.2, -0.15) is 12.7 Å². The molecular weight excluding hydrogens is 284 g/mol. The van der Waals surface area contributed by atoms with Crippen LogP contribution in [-0.4, -0.2) is 32.9 Å². The summed E-state index contributed by atoms with van der Waals surface area (Å²) in [4.78, 5) is 0. The van der Waals surface area contributed by atoms with Crippen LogP contribution in [0.2, 0.25) is 0 Å². The van der Waals surface area contributed by atoms with Gasteiger partial charge in [-0.15, -0.1) is 0 Å². The van der Waals surface area contributed by atoms with Crippen molar-refractivity contribution in [1.82, 2.24) is 4.31 Å². The molecule has 0 fully saturated rings. The highest BCUT2D eigenvalue weighted by Gasteiger charge is 2.30. The Morgan fingerprint density at radius 1 is 1.29 bits per heavy atom. The number of hydrogen-bond acceptors (Lipinski definition) is 2. The summed E-state index contributed by atoms with van der Waals surface area (Å²) in [6.07, 6.45) is 4.23. The molecule has 1 unspecified atom stereocenters. The predicted octanol–water partition coefficient (Wildman–Crippen LogP) is 3.21. The van der Waals surface area contributed by atoms with Crippen LogP contribution in [0, 0.1) is 0 Å². The van der Waals surface area contributed by atoms with Crippen molar-refractivity contribution in [3.8, 4) is 0 Å². The number of anilines is 1. The first-order chi connectivity index (χ1) is 9.86. The van der Waals surface area contributed by atoms with E-state index in [1.807, 2.05) is 38.1 Å². The smallest absolute Gasteiger partial charge is 0.261 e. The number of rotatable bonds is 7. The van der Waals surface area contributed by atoms with Crippen LogP contribution in [0.1, 0.15) is 20.3 Å². The summed E-state index contributed by atoms with van der Waals surface area (Å²) < 4.78 is 28.2. The lowest BCUT2D eigenvalue weighted by Gasteiger charge is -2.32. The van der Waals surface area contributed by atoms with Gasteiger partial charge < -0.3 is 0 Å². The summed E-state index contributed by atoms with van der Waals surface area (Å²) in [5.74, 6) is 0. The Morgan fingerprint density at radius 3 is 2.33 bits per heavy atom. The van der Waals surface area contributed by atoms with Crippen LogP contribution >= 0.6 is 0 Å². The minimum Gasteiger partial charge on any atom is -0.261 e. The fourth-order valence-electron chi connectivity index (χ4n) is 2.29. The van der Waals surface area contributed by atoms with E-state index in [2.05, 4.69) is 6.58 Å². The molecule has 0 aliphatic carbocycles. The van der Waals surface area contributed by atoms with E-state index in [9.17, 15) is 8.42 Å². The van der Waals surface area contributed by atoms with Gasteiger partial charge in [-0.25, -0.2) is 0 Å². The lowest BCUT2D eigenvalue weighted by atomic mass is 10.1. The van der Waals surface area contributed by atoms with Crippen LogP contribution in [0.3, 0.4) is 0 Å². The fraction of sp³-hybridized carbons (Fsp3) is 0.375. The Labute approximate surface area is 128 Å². The van der Waals surface area contributed by atoms with Gasteiger partial charge in [-0.05, 0) is 25.5 Å². The van der Waals surface area contributed by atoms with Crippen molar-refractivity contribution in [2.45, 2.75) is 26.3 Å². The molecule has 0 aliphatic rings. The number of benzene rings is 1. The van der Waals surface area contributed by atoms with Gasteiger partial charge in [0.1, 0.15) is 0 Å². The van der Waals surface area contributed by atoms with Crippen molar-refractivity contribution in [2.24, 2.45) is 0 Å². The molecule has 21 heavy (non-hydrogen) atoms. The molecule has 1 rings (SSSR count). The Morgan fingerprint density at radius 2 is 1.86 bits per heavy atom. The van der Waals surface area contributed by atoms with Crippen molar-refractivity contribution in [3.63, 3.8) is 0 Å². The first-order valence-corrected chi connectivity index (χ1v) is 8.32. The van der Waals surface area contributed by atoms with Crippen LogP contribution in [0.15, 0.2) is 54.6 Å². The molecule has 1 aromatic rings. The third-order valence-electron chi connectivity index (χ3n) is 3.56. The Hall–Kier alpha value is -1.59.